The number of urea groups is 1. The van der Waals surface area contributed by atoms with Crippen LogP contribution in [0.2, 0.25) is 0 Å². The molecule has 0 radical (unpaired) electrons. The van der Waals surface area contributed by atoms with Crippen molar-refractivity contribution < 1.29 is 29.3 Å². The maximum atomic E-state index is 12.2. The highest BCUT2D eigenvalue weighted by atomic mass is 16.5. The maximum Gasteiger partial charge on any atom is 0.328 e. The molecular weight excluding hydrogens is 280 g/mol. The SMILES string of the molecule is CCOC(=O)C1CCCCN1C(=O)N[C@H](CCO)C(=O)O. The molecule has 1 rings (SSSR count). The molecule has 0 aromatic rings. The van der Waals surface area contributed by atoms with E-state index in [2.05, 4.69) is 5.32 Å². The van der Waals surface area contributed by atoms with Crippen LogP contribution in [-0.4, -0.2) is 64.9 Å². The van der Waals surface area contributed by atoms with E-state index >= 15 is 0 Å². The standard InChI is InChI=1S/C13H22N2O6/c1-2-21-12(19)10-5-3-4-7-15(10)13(20)14-9(6-8-16)11(17)18/h9-10,16H,2-8H2,1H3,(H,14,20)(H,17,18)/t9-,10?/m1/s1. The summed E-state index contributed by atoms with van der Waals surface area (Å²) in [4.78, 5) is 36.3. The Labute approximate surface area is 123 Å². The first-order valence-electron chi connectivity index (χ1n) is 7.08. The lowest BCUT2D eigenvalue weighted by Crippen LogP contribution is -2.55. The fourth-order valence-corrected chi connectivity index (χ4v) is 2.28. The average Bonchev–Trinajstić information content (AvgIpc) is 2.46. The lowest BCUT2D eigenvalue weighted by Gasteiger charge is -2.34. The molecule has 120 valence electrons. The Bertz CT molecular complexity index is 387. The van der Waals surface area contributed by atoms with Crippen LogP contribution in [0.5, 0.6) is 0 Å². The van der Waals surface area contributed by atoms with Crippen LogP contribution in [0.1, 0.15) is 32.6 Å². The first-order valence-corrected chi connectivity index (χ1v) is 7.08. The van der Waals surface area contributed by atoms with Crippen LogP contribution in [0.25, 0.3) is 0 Å². The van der Waals surface area contributed by atoms with E-state index in [0.29, 0.717) is 13.0 Å². The predicted molar refractivity (Wildman–Crippen MR) is 72.6 cm³/mol. The molecule has 2 atom stereocenters. The number of carbonyl (C=O) groups is 3. The molecule has 0 aromatic heterocycles. The molecule has 0 spiro atoms. The number of hydrogen-bond acceptors (Lipinski definition) is 5. The molecule has 0 aliphatic carbocycles. The van der Waals surface area contributed by atoms with Crippen LogP contribution < -0.4 is 5.32 Å². The second-order valence-corrected chi connectivity index (χ2v) is 4.81. The molecule has 0 aromatic carbocycles. The van der Waals surface area contributed by atoms with Crippen LogP contribution >= 0.6 is 0 Å². The summed E-state index contributed by atoms with van der Waals surface area (Å²) in [5.74, 6) is -1.69. The number of aliphatic hydroxyl groups is 1. The molecule has 0 saturated carbocycles. The third-order valence-corrected chi connectivity index (χ3v) is 3.34. The summed E-state index contributed by atoms with van der Waals surface area (Å²) in [6.45, 7) is 1.94. The molecule has 3 N–H and O–H groups in total. The third kappa shape index (κ3) is 4.89. The van der Waals surface area contributed by atoms with E-state index in [4.69, 9.17) is 14.9 Å². The fraction of sp³-hybridized carbons (Fsp3) is 0.769. The number of carboxylic acids is 1. The smallest absolute Gasteiger partial charge is 0.328 e. The van der Waals surface area contributed by atoms with Gasteiger partial charge in [0.1, 0.15) is 12.1 Å². The van der Waals surface area contributed by atoms with E-state index in [1.54, 1.807) is 6.92 Å². The van der Waals surface area contributed by atoms with Crippen LogP contribution in [0, 0.1) is 0 Å². The Morgan fingerprint density at radius 2 is 2.10 bits per heavy atom. The number of carboxylic acid groups (broad SMARTS) is 1. The van der Waals surface area contributed by atoms with Crippen molar-refractivity contribution in [1.29, 1.82) is 0 Å². The van der Waals surface area contributed by atoms with Gasteiger partial charge in [-0.05, 0) is 26.2 Å². The summed E-state index contributed by atoms with van der Waals surface area (Å²) >= 11 is 0. The number of esters is 1. The highest BCUT2D eigenvalue weighted by molar-refractivity contribution is 5.86. The molecule has 1 aliphatic heterocycles. The number of nitrogens with zero attached hydrogens (tertiary/aromatic N) is 1. The number of rotatable bonds is 6. The summed E-state index contributed by atoms with van der Waals surface area (Å²) in [6, 6.07) is -2.47. The molecule has 1 heterocycles. The van der Waals surface area contributed by atoms with Crippen LogP contribution in [0.3, 0.4) is 0 Å². The lowest BCUT2D eigenvalue weighted by atomic mass is 10.0. The number of hydrogen-bond donors (Lipinski definition) is 3. The lowest BCUT2D eigenvalue weighted by molar-refractivity contribution is -0.149. The summed E-state index contributed by atoms with van der Waals surface area (Å²) in [7, 11) is 0. The van der Waals surface area contributed by atoms with Crippen molar-refractivity contribution in [3.63, 3.8) is 0 Å². The molecule has 8 heteroatoms. The summed E-state index contributed by atoms with van der Waals surface area (Å²) < 4.78 is 4.94. The molecule has 1 fully saturated rings. The number of nitrogens with one attached hydrogen (secondary N) is 1. The number of aliphatic hydroxyl groups excluding tert-OH is 1. The van der Waals surface area contributed by atoms with E-state index in [0.717, 1.165) is 12.8 Å². The van der Waals surface area contributed by atoms with Gasteiger partial charge >= 0.3 is 18.0 Å². The second-order valence-electron chi connectivity index (χ2n) is 4.81. The zero-order chi connectivity index (χ0) is 15.8. The van der Waals surface area contributed by atoms with E-state index in [1.807, 2.05) is 0 Å². The van der Waals surface area contributed by atoms with Crippen molar-refractivity contribution in [2.75, 3.05) is 19.8 Å². The molecular formula is C13H22N2O6. The number of piperidine rings is 1. The van der Waals surface area contributed by atoms with Gasteiger partial charge in [0.2, 0.25) is 0 Å². The van der Waals surface area contributed by atoms with Crippen LogP contribution in [0.4, 0.5) is 4.79 Å². The predicted octanol–water partition coefficient (Wildman–Crippen LogP) is -0.0508. The van der Waals surface area contributed by atoms with Crippen LogP contribution in [0.15, 0.2) is 0 Å². The summed E-state index contributed by atoms with van der Waals surface area (Å²) in [5.41, 5.74) is 0. The molecule has 0 bridgehead atoms. The van der Waals surface area contributed by atoms with Gasteiger partial charge < -0.3 is 25.2 Å². The van der Waals surface area contributed by atoms with Crippen LogP contribution in [-0.2, 0) is 14.3 Å². The van der Waals surface area contributed by atoms with Gasteiger partial charge in [0.25, 0.3) is 0 Å². The minimum Gasteiger partial charge on any atom is -0.480 e. The van der Waals surface area contributed by atoms with Gasteiger partial charge in [0.05, 0.1) is 6.61 Å². The molecule has 2 amide bonds. The zero-order valence-electron chi connectivity index (χ0n) is 12.1. The van der Waals surface area contributed by atoms with Gasteiger partial charge in [-0.25, -0.2) is 14.4 Å². The van der Waals surface area contributed by atoms with Crippen molar-refractivity contribution in [2.45, 2.75) is 44.7 Å². The molecule has 1 saturated heterocycles. The minimum absolute atomic E-state index is 0.0843. The third-order valence-electron chi connectivity index (χ3n) is 3.34. The van der Waals surface area contributed by atoms with Crippen molar-refractivity contribution in [1.82, 2.24) is 10.2 Å². The number of ether oxygens (including phenoxy) is 1. The second kappa shape index (κ2) is 8.46. The largest absolute Gasteiger partial charge is 0.480 e. The van der Waals surface area contributed by atoms with Crippen molar-refractivity contribution in [2.24, 2.45) is 0 Å². The quantitative estimate of drug-likeness (QED) is 0.592. The Morgan fingerprint density at radius 1 is 1.38 bits per heavy atom. The van der Waals surface area contributed by atoms with Crippen molar-refractivity contribution >= 4 is 18.0 Å². The van der Waals surface area contributed by atoms with Gasteiger partial charge in [0, 0.05) is 19.6 Å². The van der Waals surface area contributed by atoms with Gasteiger partial charge in [-0.15, -0.1) is 0 Å². The molecule has 1 aliphatic rings. The first kappa shape index (κ1) is 17.2. The topological polar surface area (TPSA) is 116 Å². The highest BCUT2D eigenvalue weighted by Crippen LogP contribution is 2.18. The highest BCUT2D eigenvalue weighted by Gasteiger charge is 2.34. The molecule has 8 nitrogen and oxygen atoms in total. The van der Waals surface area contributed by atoms with Gasteiger partial charge in [-0.2, -0.15) is 0 Å². The van der Waals surface area contributed by atoms with Gasteiger partial charge in [0.15, 0.2) is 0 Å². The van der Waals surface area contributed by atoms with E-state index in [-0.39, 0.29) is 19.6 Å². The molecule has 21 heavy (non-hydrogen) atoms. The Morgan fingerprint density at radius 3 is 2.67 bits per heavy atom. The van der Waals surface area contributed by atoms with Gasteiger partial charge in [-0.3, -0.25) is 0 Å². The molecule has 1 unspecified atom stereocenters. The first-order chi connectivity index (χ1) is 10.0. The van der Waals surface area contributed by atoms with Gasteiger partial charge in [-0.1, -0.05) is 0 Å². The van der Waals surface area contributed by atoms with E-state index < -0.39 is 30.1 Å². The number of likely N-dealkylation sites (tertiary alicyclic amines) is 1. The number of amides is 2. The van der Waals surface area contributed by atoms with Crippen molar-refractivity contribution in [3.05, 3.63) is 0 Å². The minimum atomic E-state index is -1.22. The van der Waals surface area contributed by atoms with E-state index in [1.165, 1.54) is 4.90 Å². The monoisotopic (exact) mass is 302 g/mol. The average molecular weight is 302 g/mol. The maximum absolute atomic E-state index is 12.2. The fourth-order valence-electron chi connectivity index (χ4n) is 2.28. The zero-order valence-corrected chi connectivity index (χ0v) is 12.1. The van der Waals surface area contributed by atoms with Crippen molar-refractivity contribution in [3.8, 4) is 0 Å². The Balaban J connectivity index is 2.72. The Hall–Kier alpha value is -1.83. The number of carbonyl (C=O) groups excluding carboxylic acids is 2. The number of aliphatic carboxylic acids is 1. The normalized spacial score (nSPS) is 19.7. The summed E-state index contributed by atoms with van der Waals surface area (Å²) in [5, 5.41) is 20.1. The summed E-state index contributed by atoms with van der Waals surface area (Å²) in [6.07, 6.45) is 1.98. The Kier molecular flexibility index (Phi) is 6.93. The van der Waals surface area contributed by atoms with E-state index in [9.17, 15) is 14.4 Å².